The van der Waals surface area contributed by atoms with Gasteiger partial charge in [-0.05, 0) is 35.7 Å². The Labute approximate surface area is 109 Å². The molecular weight excluding hydrogens is 278 g/mol. The number of hydrogen-bond donors (Lipinski definition) is 2. The van der Waals surface area contributed by atoms with Crippen LogP contribution in [0.25, 0.3) is 0 Å². The smallest absolute Gasteiger partial charge is 0.118 e. The van der Waals surface area contributed by atoms with Crippen molar-refractivity contribution in [3.05, 3.63) is 64.1 Å². The predicted octanol–water partition coefficient (Wildman–Crippen LogP) is 3.40. The number of benzene rings is 2. The average Bonchev–Trinajstić information content (AvgIpc) is 2.35. The van der Waals surface area contributed by atoms with Gasteiger partial charge in [-0.15, -0.1) is 0 Å². The Morgan fingerprint density at radius 2 is 1.82 bits per heavy atom. The van der Waals surface area contributed by atoms with E-state index in [4.69, 9.17) is 5.73 Å². The maximum Gasteiger partial charge on any atom is 0.118 e. The second-order valence-corrected chi connectivity index (χ2v) is 4.91. The molecule has 2 aromatic carbocycles. The molecule has 0 aliphatic heterocycles. The van der Waals surface area contributed by atoms with Crippen LogP contribution in [0, 0.1) is 0 Å². The van der Waals surface area contributed by atoms with Gasteiger partial charge in [0.25, 0.3) is 0 Å². The monoisotopic (exact) mass is 291 g/mol. The molecule has 0 heterocycles. The molecule has 0 amide bonds. The lowest BCUT2D eigenvalue weighted by atomic mass is 9.99. The molecule has 0 bridgehead atoms. The van der Waals surface area contributed by atoms with Crippen molar-refractivity contribution >= 4 is 15.9 Å². The zero-order chi connectivity index (χ0) is 12.3. The van der Waals surface area contributed by atoms with Crippen LogP contribution >= 0.6 is 15.9 Å². The molecule has 0 aliphatic carbocycles. The number of aromatic hydroxyl groups is 1. The minimum atomic E-state index is -0.101. The van der Waals surface area contributed by atoms with E-state index in [-0.39, 0.29) is 6.04 Å². The van der Waals surface area contributed by atoms with Crippen molar-refractivity contribution in [1.29, 1.82) is 0 Å². The molecule has 2 aromatic rings. The highest BCUT2D eigenvalue weighted by atomic mass is 79.9. The van der Waals surface area contributed by atoms with Gasteiger partial charge in [0.15, 0.2) is 0 Å². The summed E-state index contributed by atoms with van der Waals surface area (Å²) in [6.07, 6.45) is 0.620. The van der Waals surface area contributed by atoms with E-state index in [9.17, 15) is 5.11 Å². The van der Waals surface area contributed by atoms with Crippen molar-refractivity contribution < 1.29 is 5.11 Å². The second-order valence-electron chi connectivity index (χ2n) is 3.99. The molecule has 1 atom stereocenters. The molecule has 0 radical (unpaired) electrons. The van der Waals surface area contributed by atoms with E-state index >= 15 is 0 Å². The molecule has 0 aliphatic rings. The first-order chi connectivity index (χ1) is 8.16. The highest BCUT2D eigenvalue weighted by Gasteiger charge is 2.10. The molecular formula is C14H14BrNO. The minimum Gasteiger partial charge on any atom is -0.508 e. The second kappa shape index (κ2) is 5.34. The SMILES string of the molecule is NC(Cc1cc(Br)ccc1O)c1ccccc1. The topological polar surface area (TPSA) is 46.2 Å². The largest absolute Gasteiger partial charge is 0.508 e. The quantitative estimate of drug-likeness (QED) is 0.910. The average molecular weight is 292 g/mol. The standard InChI is InChI=1S/C14H14BrNO/c15-12-6-7-14(17)11(8-12)9-13(16)10-4-2-1-3-5-10/h1-8,13,17H,9,16H2. The fourth-order valence-corrected chi connectivity index (χ4v) is 2.18. The third-order valence-corrected chi connectivity index (χ3v) is 3.20. The molecule has 3 heteroatoms. The Bertz CT molecular complexity index is 499. The summed E-state index contributed by atoms with van der Waals surface area (Å²) in [5, 5.41) is 9.75. The van der Waals surface area contributed by atoms with Gasteiger partial charge in [0, 0.05) is 10.5 Å². The maximum absolute atomic E-state index is 9.75. The molecule has 0 saturated heterocycles. The van der Waals surface area contributed by atoms with Crippen LogP contribution in [0.2, 0.25) is 0 Å². The Balaban J connectivity index is 2.18. The lowest BCUT2D eigenvalue weighted by molar-refractivity contribution is 0.465. The first-order valence-corrected chi connectivity index (χ1v) is 6.24. The molecule has 2 nitrogen and oxygen atoms in total. The Kier molecular flexibility index (Phi) is 3.82. The zero-order valence-electron chi connectivity index (χ0n) is 9.31. The Hall–Kier alpha value is -1.32. The molecule has 17 heavy (non-hydrogen) atoms. The summed E-state index contributed by atoms with van der Waals surface area (Å²) < 4.78 is 0.950. The first kappa shape index (κ1) is 12.1. The Morgan fingerprint density at radius 3 is 2.53 bits per heavy atom. The van der Waals surface area contributed by atoms with Crippen molar-refractivity contribution in [1.82, 2.24) is 0 Å². The van der Waals surface area contributed by atoms with Gasteiger partial charge >= 0.3 is 0 Å². The van der Waals surface area contributed by atoms with E-state index in [1.165, 1.54) is 0 Å². The molecule has 88 valence electrons. The van der Waals surface area contributed by atoms with Crippen molar-refractivity contribution in [2.75, 3.05) is 0 Å². The van der Waals surface area contributed by atoms with Gasteiger partial charge in [-0.25, -0.2) is 0 Å². The molecule has 0 fully saturated rings. The van der Waals surface area contributed by atoms with Crippen molar-refractivity contribution in [3.8, 4) is 5.75 Å². The van der Waals surface area contributed by atoms with Gasteiger partial charge in [-0.1, -0.05) is 46.3 Å². The van der Waals surface area contributed by atoms with Gasteiger partial charge in [-0.2, -0.15) is 0 Å². The van der Waals surface area contributed by atoms with Gasteiger partial charge < -0.3 is 10.8 Å². The van der Waals surface area contributed by atoms with E-state index in [1.807, 2.05) is 42.5 Å². The van der Waals surface area contributed by atoms with Gasteiger partial charge in [0.1, 0.15) is 5.75 Å². The Morgan fingerprint density at radius 1 is 1.12 bits per heavy atom. The summed E-state index contributed by atoms with van der Waals surface area (Å²) in [6.45, 7) is 0. The van der Waals surface area contributed by atoms with E-state index in [0.29, 0.717) is 12.2 Å². The van der Waals surface area contributed by atoms with Gasteiger partial charge in [-0.3, -0.25) is 0 Å². The highest BCUT2D eigenvalue weighted by molar-refractivity contribution is 9.10. The van der Waals surface area contributed by atoms with Crippen LogP contribution in [-0.4, -0.2) is 5.11 Å². The molecule has 1 unspecified atom stereocenters. The molecule has 2 rings (SSSR count). The van der Waals surface area contributed by atoms with Crippen molar-refractivity contribution in [3.63, 3.8) is 0 Å². The minimum absolute atomic E-state index is 0.101. The first-order valence-electron chi connectivity index (χ1n) is 5.45. The highest BCUT2D eigenvalue weighted by Crippen LogP contribution is 2.26. The fraction of sp³-hybridized carbons (Fsp3) is 0.143. The summed E-state index contributed by atoms with van der Waals surface area (Å²) in [6, 6.07) is 15.2. The van der Waals surface area contributed by atoms with Crippen LogP contribution < -0.4 is 5.73 Å². The lowest BCUT2D eigenvalue weighted by Crippen LogP contribution is -2.13. The van der Waals surface area contributed by atoms with Crippen LogP contribution in [0.15, 0.2) is 53.0 Å². The summed E-state index contributed by atoms with van der Waals surface area (Å²) in [7, 11) is 0. The molecule has 0 aromatic heterocycles. The van der Waals surface area contributed by atoms with Crippen molar-refractivity contribution in [2.24, 2.45) is 5.73 Å². The normalized spacial score (nSPS) is 12.4. The van der Waals surface area contributed by atoms with Gasteiger partial charge in [0.05, 0.1) is 0 Å². The van der Waals surface area contributed by atoms with Crippen LogP contribution in [0.5, 0.6) is 5.75 Å². The third-order valence-electron chi connectivity index (χ3n) is 2.71. The van der Waals surface area contributed by atoms with E-state index < -0.39 is 0 Å². The van der Waals surface area contributed by atoms with E-state index in [2.05, 4.69) is 15.9 Å². The van der Waals surface area contributed by atoms with Crippen molar-refractivity contribution in [2.45, 2.75) is 12.5 Å². The van der Waals surface area contributed by atoms with E-state index in [1.54, 1.807) is 6.07 Å². The number of phenolic OH excluding ortho intramolecular Hbond substituents is 1. The molecule has 0 saturated carbocycles. The third kappa shape index (κ3) is 3.08. The van der Waals surface area contributed by atoms with Crippen LogP contribution in [0.4, 0.5) is 0 Å². The number of phenols is 1. The molecule has 3 N–H and O–H groups in total. The van der Waals surface area contributed by atoms with Gasteiger partial charge in [0.2, 0.25) is 0 Å². The van der Waals surface area contributed by atoms with E-state index in [0.717, 1.165) is 15.6 Å². The fourth-order valence-electron chi connectivity index (χ4n) is 1.77. The number of rotatable bonds is 3. The predicted molar refractivity (Wildman–Crippen MR) is 72.9 cm³/mol. The molecule has 0 spiro atoms. The number of nitrogens with two attached hydrogens (primary N) is 1. The zero-order valence-corrected chi connectivity index (χ0v) is 10.9. The summed E-state index contributed by atoms with van der Waals surface area (Å²) in [5.41, 5.74) is 8.05. The number of halogens is 1. The number of hydrogen-bond acceptors (Lipinski definition) is 2. The van der Waals surface area contributed by atoms with Crippen LogP contribution in [-0.2, 0) is 6.42 Å². The summed E-state index contributed by atoms with van der Waals surface area (Å²) in [4.78, 5) is 0. The summed E-state index contributed by atoms with van der Waals surface area (Å²) in [5.74, 6) is 0.291. The lowest BCUT2D eigenvalue weighted by Gasteiger charge is -2.13. The maximum atomic E-state index is 9.75. The summed E-state index contributed by atoms with van der Waals surface area (Å²) >= 11 is 3.39. The van der Waals surface area contributed by atoms with Crippen LogP contribution in [0.3, 0.4) is 0 Å². The van der Waals surface area contributed by atoms with Crippen LogP contribution in [0.1, 0.15) is 17.2 Å².